The molecule has 0 aliphatic rings. The molecule has 1 atom stereocenters. The second kappa shape index (κ2) is 11.1. The first-order valence-corrected chi connectivity index (χ1v) is 12.8. The van der Waals surface area contributed by atoms with Crippen molar-refractivity contribution >= 4 is 22.5 Å². The van der Waals surface area contributed by atoms with Crippen LogP contribution in [-0.2, 0) is 13.0 Å². The summed E-state index contributed by atoms with van der Waals surface area (Å²) >= 11 is 6.35. The molecule has 5 rings (SSSR count). The average Bonchev–Trinajstić information content (AvgIpc) is 3.26. The van der Waals surface area contributed by atoms with Crippen LogP contribution in [0, 0.1) is 13.8 Å². The first-order valence-electron chi connectivity index (χ1n) is 12.4. The van der Waals surface area contributed by atoms with Crippen LogP contribution in [0.3, 0.4) is 0 Å². The summed E-state index contributed by atoms with van der Waals surface area (Å²) in [6.45, 7) is 5.55. The van der Waals surface area contributed by atoms with Crippen molar-refractivity contribution < 1.29 is 4.74 Å². The van der Waals surface area contributed by atoms with Gasteiger partial charge in [0.1, 0.15) is 23.1 Å². The number of para-hydroxylation sites is 2. The highest BCUT2D eigenvalue weighted by Gasteiger charge is 2.21. The quantitative estimate of drug-likeness (QED) is 0.235. The Morgan fingerprint density at radius 3 is 2.22 bits per heavy atom. The molecule has 188 valence electrons. The van der Waals surface area contributed by atoms with E-state index in [0.29, 0.717) is 10.7 Å². The van der Waals surface area contributed by atoms with Gasteiger partial charge in [0.25, 0.3) is 0 Å². The highest BCUT2D eigenvalue weighted by atomic mass is 35.5. The molecule has 0 radical (unpaired) electrons. The fraction of sp³-hybridized carbons (Fsp3) is 0.233. The van der Waals surface area contributed by atoms with Crippen molar-refractivity contribution in [2.75, 3.05) is 13.6 Å². The summed E-state index contributed by atoms with van der Waals surface area (Å²) in [5.74, 6) is 0.766. The number of halogens is 1. The van der Waals surface area contributed by atoms with Gasteiger partial charge in [-0.25, -0.2) is 4.68 Å². The van der Waals surface area contributed by atoms with Crippen LogP contribution >= 0.6 is 11.6 Å². The summed E-state index contributed by atoms with van der Waals surface area (Å²) in [5.41, 5.74) is 5.75. The van der Waals surface area contributed by atoms with Crippen LogP contribution in [0.2, 0.25) is 5.15 Å². The number of aryl methyl sites for hydroxylation is 2. The van der Waals surface area contributed by atoms with Gasteiger partial charge in [-0.05, 0) is 44.2 Å². The molecule has 6 nitrogen and oxygen atoms in total. The largest absolute Gasteiger partial charge is 0.486 e. The Kier molecular flexibility index (Phi) is 7.49. The molecule has 0 spiro atoms. The molecular formula is C30H30ClN5O. The fourth-order valence-corrected chi connectivity index (χ4v) is 4.94. The third-order valence-corrected chi connectivity index (χ3v) is 6.72. The molecule has 3 aromatic carbocycles. The van der Waals surface area contributed by atoms with E-state index in [1.165, 1.54) is 11.1 Å². The van der Waals surface area contributed by atoms with Crippen LogP contribution in [0.25, 0.3) is 16.6 Å². The number of hydrogen-bond acceptors (Lipinski definition) is 5. The van der Waals surface area contributed by atoms with Gasteiger partial charge in [-0.1, -0.05) is 84.4 Å². The maximum absolute atomic E-state index is 6.76. The minimum Gasteiger partial charge on any atom is -0.486 e. The number of fused-ring (bicyclic) bond motifs is 1. The lowest BCUT2D eigenvalue weighted by atomic mass is 10.1. The summed E-state index contributed by atoms with van der Waals surface area (Å²) in [4.78, 5) is 2.31. The predicted molar refractivity (Wildman–Crippen MR) is 148 cm³/mol. The Balaban J connectivity index is 1.47. The molecule has 5 aromatic rings. The molecule has 37 heavy (non-hydrogen) atoms. The van der Waals surface area contributed by atoms with Gasteiger partial charge in [-0.3, -0.25) is 4.90 Å². The van der Waals surface area contributed by atoms with E-state index in [4.69, 9.17) is 21.4 Å². The zero-order chi connectivity index (χ0) is 25.8. The average molecular weight is 512 g/mol. The minimum atomic E-state index is -0.0730. The van der Waals surface area contributed by atoms with Crippen LogP contribution in [-0.4, -0.2) is 44.6 Å². The lowest BCUT2D eigenvalue weighted by Gasteiger charge is -2.26. The normalized spacial score (nSPS) is 12.2. The number of benzene rings is 3. The zero-order valence-corrected chi connectivity index (χ0v) is 22.1. The van der Waals surface area contributed by atoms with Crippen LogP contribution in [0.4, 0.5) is 0 Å². The Hall–Kier alpha value is -3.74. The van der Waals surface area contributed by atoms with E-state index >= 15 is 0 Å². The van der Waals surface area contributed by atoms with E-state index in [2.05, 4.69) is 70.7 Å². The van der Waals surface area contributed by atoms with Crippen LogP contribution in [0.15, 0.2) is 84.9 Å². The van der Waals surface area contributed by atoms with E-state index < -0.39 is 0 Å². The second-order valence-electron chi connectivity index (χ2n) is 9.38. The summed E-state index contributed by atoms with van der Waals surface area (Å²) in [6.07, 6.45) is 0.712. The summed E-state index contributed by atoms with van der Waals surface area (Å²) < 4.78 is 8.64. The van der Waals surface area contributed by atoms with Crippen molar-refractivity contribution in [3.63, 3.8) is 0 Å². The molecule has 2 aromatic heterocycles. The first-order chi connectivity index (χ1) is 18.0. The smallest absolute Gasteiger partial charge is 0.179 e. The molecule has 2 heterocycles. The lowest BCUT2D eigenvalue weighted by molar-refractivity contribution is 0.144. The van der Waals surface area contributed by atoms with Crippen molar-refractivity contribution in [3.8, 4) is 11.4 Å². The van der Waals surface area contributed by atoms with Gasteiger partial charge in [0.2, 0.25) is 0 Å². The molecule has 0 saturated carbocycles. The van der Waals surface area contributed by atoms with E-state index in [0.717, 1.165) is 47.7 Å². The SMILES string of the molecule is Cc1nnc(Cl)c2nn(-c3ccccc3OC(Cc3ccccc3)CN(C)Cc3ccccc3)c(C)c12. The van der Waals surface area contributed by atoms with Crippen molar-refractivity contribution in [2.45, 2.75) is 32.9 Å². The van der Waals surface area contributed by atoms with Crippen LogP contribution < -0.4 is 4.74 Å². The van der Waals surface area contributed by atoms with Gasteiger partial charge in [-0.2, -0.15) is 10.2 Å². The van der Waals surface area contributed by atoms with Crippen molar-refractivity contribution in [1.82, 2.24) is 24.9 Å². The van der Waals surface area contributed by atoms with Gasteiger partial charge >= 0.3 is 0 Å². The summed E-state index contributed by atoms with van der Waals surface area (Å²) in [5, 5.41) is 14.2. The van der Waals surface area contributed by atoms with E-state index in [-0.39, 0.29) is 6.10 Å². The maximum Gasteiger partial charge on any atom is 0.179 e. The molecule has 0 saturated heterocycles. The van der Waals surface area contributed by atoms with Crippen molar-refractivity contribution in [2.24, 2.45) is 0 Å². The molecule has 0 N–H and O–H groups in total. The third-order valence-electron chi connectivity index (χ3n) is 6.47. The van der Waals surface area contributed by atoms with Gasteiger partial charge < -0.3 is 4.74 Å². The number of ether oxygens (including phenoxy) is 1. The number of hydrogen-bond donors (Lipinski definition) is 0. The Morgan fingerprint density at radius 2 is 1.51 bits per heavy atom. The molecule has 0 aliphatic carbocycles. The van der Waals surface area contributed by atoms with E-state index in [1.807, 2.05) is 54.9 Å². The Labute approximate surface area is 222 Å². The molecule has 0 fully saturated rings. The second-order valence-corrected chi connectivity index (χ2v) is 9.73. The molecule has 0 aliphatic heterocycles. The van der Waals surface area contributed by atoms with E-state index in [1.54, 1.807) is 0 Å². The molecule has 0 bridgehead atoms. The predicted octanol–water partition coefficient (Wildman–Crippen LogP) is 6.21. The Bertz CT molecular complexity index is 1490. The van der Waals surface area contributed by atoms with Gasteiger partial charge in [-0.15, -0.1) is 5.10 Å². The minimum absolute atomic E-state index is 0.0730. The number of rotatable bonds is 9. The van der Waals surface area contributed by atoms with E-state index in [9.17, 15) is 0 Å². The maximum atomic E-state index is 6.76. The molecule has 7 heteroatoms. The first kappa shape index (κ1) is 24.9. The Morgan fingerprint density at radius 1 is 0.865 bits per heavy atom. The monoisotopic (exact) mass is 511 g/mol. The number of likely N-dealkylation sites (N-methyl/N-ethyl adjacent to an activating group) is 1. The van der Waals surface area contributed by atoms with Gasteiger partial charge in [0.05, 0.1) is 11.4 Å². The molecular weight excluding hydrogens is 482 g/mol. The topological polar surface area (TPSA) is 56.1 Å². The van der Waals surface area contributed by atoms with Crippen molar-refractivity contribution in [3.05, 3.63) is 113 Å². The third kappa shape index (κ3) is 5.66. The fourth-order valence-electron chi connectivity index (χ4n) is 4.77. The molecule has 1 unspecified atom stereocenters. The van der Waals surface area contributed by atoms with Gasteiger partial charge in [0, 0.05) is 24.9 Å². The molecule has 0 amide bonds. The summed E-state index contributed by atoms with van der Waals surface area (Å²) in [7, 11) is 2.13. The lowest BCUT2D eigenvalue weighted by Crippen LogP contribution is -2.34. The van der Waals surface area contributed by atoms with Gasteiger partial charge in [0.15, 0.2) is 5.15 Å². The highest BCUT2D eigenvalue weighted by Crippen LogP contribution is 2.31. The van der Waals surface area contributed by atoms with Crippen LogP contribution in [0.5, 0.6) is 5.75 Å². The van der Waals surface area contributed by atoms with Crippen molar-refractivity contribution in [1.29, 1.82) is 0 Å². The standard InChI is InChI=1S/C30H30ClN5O/c1-21-28-22(2)36(34-29(28)30(31)33-32-21)26-16-10-11-17-27(26)37-25(18-23-12-6-4-7-13-23)20-35(3)19-24-14-8-5-9-15-24/h4-17,25H,18-20H2,1-3H3. The highest BCUT2D eigenvalue weighted by molar-refractivity contribution is 6.33. The number of aromatic nitrogens is 4. The zero-order valence-electron chi connectivity index (χ0n) is 21.3. The number of nitrogens with zero attached hydrogens (tertiary/aromatic N) is 5. The summed E-state index contributed by atoms with van der Waals surface area (Å²) in [6, 6.07) is 29.0. The van der Waals surface area contributed by atoms with Crippen LogP contribution in [0.1, 0.15) is 22.5 Å².